The number of hydrogen-bond acceptors (Lipinski definition) is 1. The number of rotatable bonds is 2. The van der Waals surface area contributed by atoms with Gasteiger partial charge in [0.05, 0.1) is 0 Å². The minimum atomic E-state index is 1.26. The average Bonchev–Trinajstić information content (AvgIpc) is 3.42. The van der Waals surface area contributed by atoms with Crippen LogP contribution >= 0.6 is 11.3 Å². The smallest absolute Gasteiger partial charge is 0.0434 e. The molecule has 0 saturated carbocycles. The van der Waals surface area contributed by atoms with Crippen molar-refractivity contribution in [1.29, 1.82) is 0 Å². The third-order valence-electron chi connectivity index (χ3n) is 8.64. The molecule has 1 heterocycles. The number of thiophene rings is 1. The summed E-state index contributed by atoms with van der Waals surface area (Å²) in [4.78, 5) is 0. The Morgan fingerprint density at radius 1 is 0.341 bits per heavy atom. The number of hydrogen-bond donors (Lipinski definition) is 0. The summed E-state index contributed by atoms with van der Waals surface area (Å²) in [7, 11) is 0. The van der Waals surface area contributed by atoms with E-state index in [1.54, 1.807) is 0 Å². The Bertz CT molecular complexity index is 2420. The molecule has 9 aromatic rings. The molecule has 0 atom stereocenters. The molecule has 0 spiro atoms. The standard InChI is InChI=1S/C40H24S/c1-2-11-28-25(10-1)20-21-26-24-27(22-23-29(26)28)38-31-13-3-5-15-33(31)39(34-16-6-4-14-32(34)38)36-18-9-17-35-30-12-7-8-19-37(30)41-40(35)36/h1-24H. The van der Waals surface area contributed by atoms with Crippen molar-refractivity contribution < 1.29 is 0 Å². The fraction of sp³-hybridized carbons (Fsp3) is 0. The van der Waals surface area contributed by atoms with Crippen LogP contribution in [0.25, 0.3) is 85.5 Å². The van der Waals surface area contributed by atoms with Gasteiger partial charge in [-0.25, -0.2) is 0 Å². The van der Waals surface area contributed by atoms with Crippen molar-refractivity contribution >= 4 is 74.6 Å². The van der Waals surface area contributed by atoms with Gasteiger partial charge in [-0.2, -0.15) is 0 Å². The Morgan fingerprint density at radius 3 is 1.66 bits per heavy atom. The molecule has 41 heavy (non-hydrogen) atoms. The first-order chi connectivity index (χ1) is 20.3. The van der Waals surface area contributed by atoms with Crippen molar-refractivity contribution in [3.05, 3.63) is 146 Å². The highest BCUT2D eigenvalue weighted by molar-refractivity contribution is 7.26. The van der Waals surface area contributed by atoms with Crippen molar-refractivity contribution in [2.45, 2.75) is 0 Å². The second-order valence-corrected chi connectivity index (χ2v) is 11.9. The molecule has 0 aliphatic carbocycles. The lowest BCUT2D eigenvalue weighted by Crippen LogP contribution is -1.91. The van der Waals surface area contributed by atoms with E-state index in [1.165, 1.54) is 85.5 Å². The van der Waals surface area contributed by atoms with Crippen LogP contribution in [0.2, 0.25) is 0 Å². The van der Waals surface area contributed by atoms with Crippen LogP contribution in [0.15, 0.2) is 146 Å². The average molecular weight is 537 g/mol. The molecule has 8 aromatic carbocycles. The molecule has 0 saturated heterocycles. The van der Waals surface area contributed by atoms with Crippen LogP contribution in [0.3, 0.4) is 0 Å². The van der Waals surface area contributed by atoms with Gasteiger partial charge in [0, 0.05) is 25.7 Å². The monoisotopic (exact) mass is 536 g/mol. The summed E-state index contributed by atoms with van der Waals surface area (Å²) in [5, 5.41) is 13.0. The zero-order valence-corrected chi connectivity index (χ0v) is 23.1. The summed E-state index contributed by atoms with van der Waals surface area (Å²) in [5.74, 6) is 0. The van der Waals surface area contributed by atoms with E-state index in [0.717, 1.165) is 0 Å². The van der Waals surface area contributed by atoms with Crippen LogP contribution in [0.1, 0.15) is 0 Å². The van der Waals surface area contributed by atoms with E-state index in [0.29, 0.717) is 0 Å². The van der Waals surface area contributed by atoms with Crippen LogP contribution in [0.4, 0.5) is 0 Å². The van der Waals surface area contributed by atoms with Crippen molar-refractivity contribution in [3.8, 4) is 22.3 Å². The molecule has 0 bridgehead atoms. The molecular formula is C40H24S. The Hall–Kier alpha value is -4.98. The quantitative estimate of drug-likeness (QED) is 0.152. The molecule has 9 rings (SSSR count). The largest absolute Gasteiger partial charge is 0.135 e. The third kappa shape index (κ3) is 3.33. The van der Waals surface area contributed by atoms with Crippen LogP contribution in [-0.4, -0.2) is 0 Å². The van der Waals surface area contributed by atoms with Crippen molar-refractivity contribution in [2.75, 3.05) is 0 Å². The van der Waals surface area contributed by atoms with Crippen LogP contribution < -0.4 is 0 Å². The Balaban J connectivity index is 1.39. The minimum absolute atomic E-state index is 1.26. The molecule has 1 aromatic heterocycles. The van der Waals surface area contributed by atoms with Gasteiger partial charge < -0.3 is 0 Å². The number of benzene rings is 8. The van der Waals surface area contributed by atoms with Gasteiger partial charge in [0.15, 0.2) is 0 Å². The Kier molecular flexibility index (Phi) is 4.87. The summed E-state index contributed by atoms with van der Waals surface area (Å²) in [6, 6.07) is 53.7. The molecule has 0 amide bonds. The van der Waals surface area contributed by atoms with Gasteiger partial charge in [0.2, 0.25) is 0 Å². The van der Waals surface area contributed by atoms with E-state index in [9.17, 15) is 0 Å². The summed E-state index contributed by atoms with van der Waals surface area (Å²) >= 11 is 1.90. The summed E-state index contributed by atoms with van der Waals surface area (Å²) in [6.45, 7) is 0. The maximum Gasteiger partial charge on any atom is 0.0434 e. The van der Waals surface area contributed by atoms with Crippen LogP contribution in [-0.2, 0) is 0 Å². The third-order valence-corrected chi connectivity index (χ3v) is 9.86. The molecule has 0 aliphatic rings. The first-order valence-corrected chi connectivity index (χ1v) is 14.9. The van der Waals surface area contributed by atoms with Crippen molar-refractivity contribution in [3.63, 3.8) is 0 Å². The normalized spacial score (nSPS) is 11.9. The predicted molar refractivity (Wildman–Crippen MR) is 180 cm³/mol. The second kappa shape index (κ2) is 8.76. The van der Waals surface area contributed by atoms with Gasteiger partial charge in [-0.05, 0) is 71.9 Å². The van der Waals surface area contributed by atoms with Crippen LogP contribution in [0, 0.1) is 0 Å². The van der Waals surface area contributed by atoms with E-state index >= 15 is 0 Å². The van der Waals surface area contributed by atoms with Crippen molar-refractivity contribution in [1.82, 2.24) is 0 Å². The van der Waals surface area contributed by atoms with E-state index in [-0.39, 0.29) is 0 Å². The van der Waals surface area contributed by atoms with E-state index in [1.807, 2.05) is 11.3 Å². The molecule has 190 valence electrons. The highest BCUT2D eigenvalue weighted by Crippen LogP contribution is 2.48. The summed E-state index contributed by atoms with van der Waals surface area (Å²) in [6.07, 6.45) is 0. The zero-order valence-electron chi connectivity index (χ0n) is 22.3. The Labute approximate surface area is 241 Å². The lowest BCUT2D eigenvalue weighted by Gasteiger charge is -2.18. The Morgan fingerprint density at radius 2 is 0.902 bits per heavy atom. The van der Waals surface area contributed by atoms with E-state index in [2.05, 4.69) is 146 Å². The van der Waals surface area contributed by atoms with Gasteiger partial charge in [-0.15, -0.1) is 11.3 Å². The lowest BCUT2D eigenvalue weighted by atomic mass is 9.85. The molecule has 0 N–H and O–H groups in total. The summed E-state index contributed by atoms with van der Waals surface area (Å²) in [5.41, 5.74) is 5.20. The van der Waals surface area contributed by atoms with Crippen molar-refractivity contribution in [2.24, 2.45) is 0 Å². The maximum absolute atomic E-state index is 2.38. The fourth-order valence-corrected chi connectivity index (χ4v) is 8.06. The predicted octanol–water partition coefficient (Wildman–Crippen LogP) is 12.0. The molecule has 0 radical (unpaired) electrons. The van der Waals surface area contributed by atoms with Gasteiger partial charge in [-0.1, -0.05) is 133 Å². The topological polar surface area (TPSA) is 0 Å². The zero-order chi connectivity index (χ0) is 26.9. The molecule has 0 fully saturated rings. The van der Waals surface area contributed by atoms with Gasteiger partial charge in [0.1, 0.15) is 0 Å². The molecular weight excluding hydrogens is 513 g/mol. The first kappa shape index (κ1) is 22.8. The molecule has 0 nitrogen and oxygen atoms in total. The highest BCUT2D eigenvalue weighted by Gasteiger charge is 2.19. The fourth-order valence-electron chi connectivity index (χ4n) is 6.84. The molecule has 1 heteroatoms. The van der Waals surface area contributed by atoms with E-state index in [4.69, 9.17) is 0 Å². The highest BCUT2D eigenvalue weighted by atomic mass is 32.1. The van der Waals surface area contributed by atoms with Gasteiger partial charge in [-0.3, -0.25) is 0 Å². The lowest BCUT2D eigenvalue weighted by molar-refractivity contribution is 1.70. The minimum Gasteiger partial charge on any atom is -0.135 e. The second-order valence-electron chi connectivity index (χ2n) is 10.8. The SMILES string of the molecule is c1ccc2c(c1)ccc1cc(-c3c4ccccc4c(-c4cccc5c4sc4ccccc45)c4ccccc34)ccc12. The number of fused-ring (bicyclic) bond motifs is 8. The van der Waals surface area contributed by atoms with Gasteiger partial charge in [0.25, 0.3) is 0 Å². The first-order valence-electron chi connectivity index (χ1n) is 14.1. The maximum atomic E-state index is 2.38. The summed E-state index contributed by atoms with van der Waals surface area (Å²) < 4.78 is 2.69. The van der Waals surface area contributed by atoms with Gasteiger partial charge >= 0.3 is 0 Å². The molecule has 0 aliphatic heterocycles. The molecule has 0 unspecified atom stereocenters. The van der Waals surface area contributed by atoms with Crippen LogP contribution in [0.5, 0.6) is 0 Å². The van der Waals surface area contributed by atoms with E-state index < -0.39 is 0 Å².